The fourth-order valence-electron chi connectivity index (χ4n) is 3.21. The van der Waals surface area contributed by atoms with Gasteiger partial charge in [0.2, 0.25) is 21.8 Å². The molecule has 13 heteroatoms. The molecule has 0 aromatic heterocycles. The Labute approximate surface area is 211 Å². The van der Waals surface area contributed by atoms with E-state index in [1.807, 2.05) is 0 Å². The molecular formula is C22H24Cl2F3N3O4S. The number of halogens is 5. The number of rotatable bonds is 9. The van der Waals surface area contributed by atoms with E-state index in [0.717, 1.165) is 17.2 Å². The highest BCUT2D eigenvalue weighted by Crippen LogP contribution is 2.36. The average Bonchev–Trinajstić information content (AvgIpc) is 2.74. The Bertz CT molecular complexity index is 1190. The van der Waals surface area contributed by atoms with Crippen molar-refractivity contribution in [3.63, 3.8) is 0 Å². The smallest absolute Gasteiger partial charge is 0.355 e. The molecule has 0 aliphatic heterocycles. The maximum Gasteiger partial charge on any atom is 0.416 e. The lowest BCUT2D eigenvalue weighted by atomic mass is 10.1. The molecule has 2 rings (SSSR count). The lowest BCUT2D eigenvalue weighted by Gasteiger charge is -2.31. The summed E-state index contributed by atoms with van der Waals surface area (Å²) in [4.78, 5) is 27.0. The first-order valence-corrected chi connectivity index (χ1v) is 12.9. The second-order valence-corrected chi connectivity index (χ2v) is 10.4. The van der Waals surface area contributed by atoms with Gasteiger partial charge in [0.25, 0.3) is 0 Å². The Kier molecular flexibility index (Phi) is 9.43. The number of amides is 2. The van der Waals surface area contributed by atoms with Crippen LogP contribution >= 0.6 is 23.2 Å². The summed E-state index contributed by atoms with van der Waals surface area (Å²) >= 11 is 12.1. The summed E-state index contributed by atoms with van der Waals surface area (Å²) in [5.41, 5.74) is -1.08. The number of nitrogens with zero attached hydrogens (tertiary/aromatic N) is 2. The van der Waals surface area contributed by atoms with Gasteiger partial charge in [-0.3, -0.25) is 13.9 Å². The third-order valence-corrected chi connectivity index (χ3v) is 6.66. The Morgan fingerprint density at radius 3 is 2.31 bits per heavy atom. The fourth-order valence-corrected chi connectivity index (χ4v) is 4.55. The summed E-state index contributed by atoms with van der Waals surface area (Å²) in [7, 11) is -4.25. The zero-order chi connectivity index (χ0) is 26.6. The van der Waals surface area contributed by atoms with E-state index in [9.17, 15) is 31.2 Å². The molecule has 2 aromatic carbocycles. The number of alkyl halides is 3. The van der Waals surface area contributed by atoms with Gasteiger partial charge in [0.1, 0.15) is 12.6 Å². The highest BCUT2D eigenvalue weighted by atomic mass is 35.5. The summed E-state index contributed by atoms with van der Waals surface area (Å²) in [6, 6.07) is 7.64. The molecule has 0 radical (unpaired) electrons. The lowest BCUT2D eigenvalue weighted by molar-refractivity contribution is -0.139. The van der Waals surface area contributed by atoms with Crippen molar-refractivity contribution in [1.82, 2.24) is 10.2 Å². The van der Waals surface area contributed by atoms with Crippen molar-refractivity contribution in [3.05, 3.63) is 63.6 Å². The lowest BCUT2D eigenvalue weighted by Crippen LogP contribution is -2.51. The zero-order valence-corrected chi connectivity index (χ0v) is 21.4. The van der Waals surface area contributed by atoms with Crippen LogP contribution in [0.3, 0.4) is 0 Å². The highest BCUT2D eigenvalue weighted by molar-refractivity contribution is 7.92. The van der Waals surface area contributed by atoms with Gasteiger partial charge in [-0.2, -0.15) is 13.2 Å². The molecule has 2 amide bonds. The van der Waals surface area contributed by atoms with Gasteiger partial charge in [-0.05, 0) is 49.7 Å². The Hall–Kier alpha value is -2.50. The third kappa shape index (κ3) is 7.74. The van der Waals surface area contributed by atoms with Crippen LogP contribution in [-0.2, 0) is 32.3 Å². The van der Waals surface area contributed by atoms with E-state index in [1.54, 1.807) is 31.2 Å². The van der Waals surface area contributed by atoms with E-state index in [0.29, 0.717) is 27.0 Å². The molecule has 0 aliphatic rings. The molecule has 0 bridgehead atoms. The second-order valence-electron chi connectivity index (χ2n) is 7.66. The number of carbonyl (C=O) groups excluding carboxylic acids is 2. The highest BCUT2D eigenvalue weighted by Gasteiger charge is 2.34. The topological polar surface area (TPSA) is 86.8 Å². The Balaban J connectivity index is 2.50. The van der Waals surface area contributed by atoms with Crippen LogP contribution in [0.15, 0.2) is 42.5 Å². The van der Waals surface area contributed by atoms with Crippen molar-refractivity contribution in [1.29, 1.82) is 0 Å². The van der Waals surface area contributed by atoms with Crippen molar-refractivity contribution < 1.29 is 31.2 Å². The number of sulfonamides is 1. The third-order valence-electron chi connectivity index (χ3n) is 4.98. The van der Waals surface area contributed by atoms with Crippen molar-refractivity contribution in [2.24, 2.45) is 0 Å². The predicted octanol–water partition coefficient (Wildman–Crippen LogP) is 4.33. The van der Waals surface area contributed by atoms with Gasteiger partial charge >= 0.3 is 6.18 Å². The zero-order valence-electron chi connectivity index (χ0n) is 19.1. The van der Waals surface area contributed by atoms with Crippen LogP contribution in [-0.4, -0.2) is 50.5 Å². The minimum Gasteiger partial charge on any atom is -0.355 e. The van der Waals surface area contributed by atoms with E-state index in [2.05, 4.69) is 5.32 Å². The summed E-state index contributed by atoms with van der Waals surface area (Å²) in [6.45, 7) is 2.44. The summed E-state index contributed by atoms with van der Waals surface area (Å²) in [5, 5.41) is 2.68. The van der Waals surface area contributed by atoms with E-state index < -0.39 is 51.9 Å². The molecule has 0 heterocycles. The summed E-state index contributed by atoms with van der Waals surface area (Å²) < 4.78 is 65.3. The van der Waals surface area contributed by atoms with E-state index >= 15 is 0 Å². The van der Waals surface area contributed by atoms with Gasteiger partial charge < -0.3 is 10.2 Å². The van der Waals surface area contributed by atoms with Gasteiger partial charge in [0.05, 0.1) is 22.5 Å². The molecule has 0 aliphatic carbocycles. The van der Waals surface area contributed by atoms with Gasteiger partial charge in [0.15, 0.2) is 0 Å². The molecule has 1 N–H and O–H groups in total. The normalized spacial score (nSPS) is 12.7. The maximum absolute atomic E-state index is 13.3. The van der Waals surface area contributed by atoms with Crippen LogP contribution in [0.2, 0.25) is 10.0 Å². The second kappa shape index (κ2) is 11.5. The van der Waals surface area contributed by atoms with E-state index in [-0.39, 0.29) is 18.1 Å². The molecule has 0 fully saturated rings. The van der Waals surface area contributed by atoms with Gasteiger partial charge in [0, 0.05) is 18.1 Å². The quantitative estimate of drug-likeness (QED) is 0.500. The fraction of sp³-hybridized carbons (Fsp3) is 0.364. The standard InChI is InChI=1S/C22H24Cl2F3N3O4S/c1-4-28-21(32)14(2)29(12-15-6-5-7-17(23)10-15)20(31)13-30(35(3,33)34)19-11-16(22(25,26)27)8-9-18(19)24/h5-11,14H,4,12-13H2,1-3H3,(H,28,32)/t14-/m1/s1. The van der Waals surface area contributed by atoms with E-state index in [4.69, 9.17) is 23.2 Å². The van der Waals surface area contributed by atoms with Gasteiger partial charge in [-0.1, -0.05) is 35.3 Å². The molecule has 0 spiro atoms. The SMILES string of the molecule is CCNC(=O)[C@@H](C)N(Cc1cccc(Cl)c1)C(=O)CN(c1cc(C(F)(F)F)ccc1Cl)S(C)(=O)=O. The van der Waals surface area contributed by atoms with Crippen LogP contribution in [0.5, 0.6) is 0 Å². The summed E-state index contributed by atoms with van der Waals surface area (Å²) in [5.74, 6) is -1.33. The first-order valence-electron chi connectivity index (χ1n) is 10.3. The van der Waals surface area contributed by atoms with Crippen molar-refractivity contribution in [2.45, 2.75) is 32.6 Å². The number of anilines is 1. The monoisotopic (exact) mass is 553 g/mol. The molecule has 35 heavy (non-hydrogen) atoms. The average molecular weight is 554 g/mol. The Morgan fingerprint density at radius 2 is 1.77 bits per heavy atom. The first kappa shape index (κ1) is 28.7. The van der Waals surface area contributed by atoms with E-state index in [1.165, 1.54) is 6.92 Å². The molecular weight excluding hydrogens is 530 g/mol. The van der Waals surface area contributed by atoms with Crippen LogP contribution in [0.25, 0.3) is 0 Å². The molecule has 2 aromatic rings. The summed E-state index contributed by atoms with van der Waals surface area (Å²) in [6.07, 6.45) is -4.02. The van der Waals surface area contributed by atoms with Gasteiger partial charge in [-0.25, -0.2) is 8.42 Å². The molecule has 0 unspecified atom stereocenters. The van der Waals surface area contributed by atoms with Crippen molar-refractivity contribution in [2.75, 3.05) is 23.7 Å². The van der Waals surface area contributed by atoms with Crippen LogP contribution < -0.4 is 9.62 Å². The van der Waals surface area contributed by atoms with Crippen LogP contribution in [0.4, 0.5) is 18.9 Å². The minimum atomic E-state index is -4.77. The number of carbonyl (C=O) groups is 2. The van der Waals surface area contributed by atoms with Gasteiger partial charge in [-0.15, -0.1) is 0 Å². The minimum absolute atomic E-state index is 0.106. The molecule has 0 saturated carbocycles. The first-order chi connectivity index (χ1) is 16.1. The maximum atomic E-state index is 13.3. The number of benzene rings is 2. The van der Waals surface area contributed by atoms with Crippen molar-refractivity contribution in [3.8, 4) is 0 Å². The number of hydrogen-bond donors (Lipinski definition) is 1. The number of likely N-dealkylation sites (N-methyl/N-ethyl adjacent to an activating group) is 1. The Morgan fingerprint density at radius 1 is 1.11 bits per heavy atom. The molecule has 1 atom stereocenters. The number of nitrogens with one attached hydrogen (secondary N) is 1. The number of hydrogen-bond acceptors (Lipinski definition) is 4. The van der Waals surface area contributed by atoms with Crippen LogP contribution in [0, 0.1) is 0 Å². The largest absolute Gasteiger partial charge is 0.416 e. The van der Waals surface area contributed by atoms with Crippen LogP contribution in [0.1, 0.15) is 25.0 Å². The predicted molar refractivity (Wildman–Crippen MR) is 129 cm³/mol. The molecule has 0 saturated heterocycles. The van der Waals surface area contributed by atoms with Crippen molar-refractivity contribution >= 4 is 50.7 Å². The molecule has 7 nitrogen and oxygen atoms in total. The molecule has 192 valence electrons.